The van der Waals surface area contributed by atoms with Gasteiger partial charge in [0.1, 0.15) is 6.04 Å². The predicted octanol–water partition coefficient (Wildman–Crippen LogP) is 1.11. The van der Waals surface area contributed by atoms with Gasteiger partial charge in [0.2, 0.25) is 5.91 Å². The van der Waals surface area contributed by atoms with E-state index in [1.165, 1.54) is 12.0 Å². The first kappa shape index (κ1) is 14.0. The molecule has 0 spiro atoms. The molecule has 0 bridgehead atoms. The summed E-state index contributed by atoms with van der Waals surface area (Å²) in [6.07, 6.45) is 2.24. The normalized spacial score (nSPS) is 20.2. The molecule has 104 valence electrons. The molecule has 2 rings (SSSR count). The summed E-state index contributed by atoms with van der Waals surface area (Å²) in [5.74, 6) is 0.603. The van der Waals surface area contributed by atoms with E-state index in [1.54, 1.807) is 0 Å². The Bertz CT molecular complexity index is 410. The molecule has 2 atom stereocenters. The van der Waals surface area contributed by atoms with Crippen LogP contribution in [0.3, 0.4) is 0 Å². The Labute approximate surface area is 114 Å². The summed E-state index contributed by atoms with van der Waals surface area (Å²) in [6.45, 7) is 4.90. The first-order valence-corrected chi connectivity index (χ1v) is 6.97. The van der Waals surface area contributed by atoms with Crippen molar-refractivity contribution in [2.75, 3.05) is 19.6 Å². The highest BCUT2D eigenvalue weighted by molar-refractivity contribution is 5.82. The largest absolute Gasteiger partial charge is 0.354 e. The maximum absolute atomic E-state index is 12.0. The molecule has 0 radical (unpaired) electrons. The van der Waals surface area contributed by atoms with Crippen molar-refractivity contribution in [3.63, 3.8) is 0 Å². The molecule has 0 aliphatic carbocycles. The third kappa shape index (κ3) is 4.04. The zero-order chi connectivity index (χ0) is 13.7. The van der Waals surface area contributed by atoms with Crippen LogP contribution in [0.1, 0.15) is 30.0 Å². The number of nitrogens with two attached hydrogens (primary N) is 1. The predicted molar refractivity (Wildman–Crippen MR) is 76.7 cm³/mol. The van der Waals surface area contributed by atoms with E-state index in [0.29, 0.717) is 12.5 Å². The highest BCUT2D eigenvalue weighted by Crippen LogP contribution is 2.13. The topological polar surface area (TPSA) is 67.2 Å². The summed E-state index contributed by atoms with van der Waals surface area (Å²) < 4.78 is 0. The summed E-state index contributed by atoms with van der Waals surface area (Å²) in [5.41, 5.74) is 8.00. The van der Waals surface area contributed by atoms with Gasteiger partial charge in [-0.2, -0.15) is 0 Å². The SMILES string of the molecule is Cc1ccc(C(N)C(=O)NCCC2CCNC2)cc1. The molecule has 1 aliphatic rings. The van der Waals surface area contributed by atoms with Gasteiger partial charge >= 0.3 is 0 Å². The van der Waals surface area contributed by atoms with Crippen LogP contribution in [0.4, 0.5) is 0 Å². The van der Waals surface area contributed by atoms with Gasteiger partial charge in [0, 0.05) is 6.54 Å². The van der Waals surface area contributed by atoms with Crippen molar-refractivity contribution in [3.8, 4) is 0 Å². The summed E-state index contributed by atoms with van der Waals surface area (Å²) in [5, 5.41) is 6.26. The summed E-state index contributed by atoms with van der Waals surface area (Å²) >= 11 is 0. The highest BCUT2D eigenvalue weighted by Gasteiger charge is 2.17. The number of nitrogens with one attached hydrogen (secondary N) is 2. The molecular formula is C15H23N3O. The minimum Gasteiger partial charge on any atom is -0.354 e. The molecule has 2 unspecified atom stereocenters. The van der Waals surface area contributed by atoms with Crippen molar-refractivity contribution in [2.45, 2.75) is 25.8 Å². The molecule has 4 N–H and O–H groups in total. The fourth-order valence-corrected chi connectivity index (χ4v) is 2.40. The average molecular weight is 261 g/mol. The van der Waals surface area contributed by atoms with Gasteiger partial charge in [0.05, 0.1) is 0 Å². The second kappa shape index (κ2) is 6.68. The lowest BCUT2D eigenvalue weighted by Crippen LogP contribution is -2.35. The van der Waals surface area contributed by atoms with Crippen LogP contribution in [0.15, 0.2) is 24.3 Å². The molecule has 1 aliphatic heterocycles. The van der Waals surface area contributed by atoms with Crippen LogP contribution in [0.25, 0.3) is 0 Å². The highest BCUT2D eigenvalue weighted by atomic mass is 16.2. The third-order valence-electron chi connectivity index (χ3n) is 3.73. The monoisotopic (exact) mass is 261 g/mol. The van der Waals surface area contributed by atoms with E-state index in [4.69, 9.17) is 5.73 Å². The lowest BCUT2D eigenvalue weighted by Gasteiger charge is -2.14. The number of amides is 1. The minimum atomic E-state index is -0.567. The Kier molecular flexibility index (Phi) is 4.93. The van der Waals surface area contributed by atoms with Gasteiger partial charge in [-0.05, 0) is 44.3 Å². The zero-order valence-corrected chi connectivity index (χ0v) is 11.5. The Morgan fingerprint density at radius 2 is 2.21 bits per heavy atom. The Morgan fingerprint density at radius 3 is 2.84 bits per heavy atom. The maximum atomic E-state index is 12.0. The molecule has 1 heterocycles. The van der Waals surface area contributed by atoms with Crippen LogP contribution in [0, 0.1) is 12.8 Å². The second-order valence-corrected chi connectivity index (χ2v) is 5.33. The number of benzene rings is 1. The van der Waals surface area contributed by atoms with Crippen LogP contribution in [-0.4, -0.2) is 25.5 Å². The van der Waals surface area contributed by atoms with Gasteiger partial charge in [0.15, 0.2) is 0 Å². The van der Waals surface area contributed by atoms with Gasteiger partial charge in [-0.1, -0.05) is 29.8 Å². The maximum Gasteiger partial charge on any atom is 0.241 e. The summed E-state index contributed by atoms with van der Waals surface area (Å²) in [6, 6.07) is 7.22. The van der Waals surface area contributed by atoms with E-state index in [2.05, 4.69) is 10.6 Å². The van der Waals surface area contributed by atoms with E-state index < -0.39 is 6.04 Å². The fraction of sp³-hybridized carbons (Fsp3) is 0.533. The molecule has 1 saturated heterocycles. The summed E-state index contributed by atoms with van der Waals surface area (Å²) in [7, 11) is 0. The van der Waals surface area contributed by atoms with Crippen LogP contribution < -0.4 is 16.4 Å². The van der Waals surface area contributed by atoms with E-state index >= 15 is 0 Å². The quantitative estimate of drug-likeness (QED) is 0.744. The number of aryl methyl sites for hydroxylation is 1. The van der Waals surface area contributed by atoms with Gasteiger partial charge < -0.3 is 16.4 Å². The molecule has 1 fully saturated rings. The van der Waals surface area contributed by atoms with Crippen molar-refractivity contribution in [1.29, 1.82) is 0 Å². The van der Waals surface area contributed by atoms with Gasteiger partial charge in [-0.3, -0.25) is 4.79 Å². The van der Waals surface area contributed by atoms with Crippen LogP contribution in [-0.2, 0) is 4.79 Å². The van der Waals surface area contributed by atoms with Gasteiger partial charge in [0.25, 0.3) is 0 Å². The van der Waals surface area contributed by atoms with E-state index in [0.717, 1.165) is 25.1 Å². The Morgan fingerprint density at radius 1 is 1.47 bits per heavy atom. The van der Waals surface area contributed by atoms with E-state index in [1.807, 2.05) is 31.2 Å². The molecule has 1 amide bonds. The lowest BCUT2D eigenvalue weighted by atomic mass is 10.0. The van der Waals surface area contributed by atoms with Crippen LogP contribution >= 0.6 is 0 Å². The van der Waals surface area contributed by atoms with Gasteiger partial charge in [-0.15, -0.1) is 0 Å². The van der Waals surface area contributed by atoms with E-state index in [9.17, 15) is 4.79 Å². The molecular weight excluding hydrogens is 238 g/mol. The second-order valence-electron chi connectivity index (χ2n) is 5.33. The average Bonchev–Trinajstić information content (AvgIpc) is 2.92. The number of carbonyl (C=O) groups is 1. The molecule has 0 saturated carbocycles. The lowest BCUT2D eigenvalue weighted by molar-refractivity contribution is -0.122. The Balaban J connectivity index is 1.77. The number of hydrogen-bond acceptors (Lipinski definition) is 3. The molecule has 19 heavy (non-hydrogen) atoms. The molecule has 4 heteroatoms. The van der Waals surface area contributed by atoms with Crippen LogP contribution in [0.5, 0.6) is 0 Å². The molecule has 1 aromatic rings. The van der Waals surface area contributed by atoms with Crippen molar-refractivity contribution < 1.29 is 4.79 Å². The van der Waals surface area contributed by atoms with Crippen molar-refractivity contribution >= 4 is 5.91 Å². The van der Waals surface area contributed by atoms with Gasteiger partial charge in [-0.25, -0.2) is 0 Å². The smallest absolute Gasteiger partial charge is 0.241 e. The number of rotatable bonds is 5. The van der Waals surface area contributed by atoms with Crippen LogP contribution in [0.2, 0.25) is 0 Å². The van der Waals surface area contributed by atoms with Crippen molar-refractivity contribution in [1.82, 2.24) is 10.6 Å². The standard InChI is InChI=1S/C15H23N3O/c1-11-2-4-13(5-3-11)14(16)15(19)18-9-7-12-6-8-17-10-12/h2-5,12,14,17H,6-10,16H2,1H3,(H,18,19). The van der Waals surface area contributed by atoms with Crippen molar-refractivity contribution in [3.05, 3.63) is 35.4 Å². The zero-order valence-electron chi connectivity index (χ0n) is 11.5. The summed E-state index contributed by atoms with van der Waals surface area (Å²) in [4.78, 5) is 12.0. The molecule has 4 nitrogen and oxygen atoms in total. The molecule has 0 aromatic heterocycles. The third-order valence-corrected chi connectivity index (χ3v) is 3.73. The van der Waals surface area contributed by atoms with E-state index in [-0.39, 0.29) is 5.91 Å². The van der Waals surface area contributed by atoms with Crippen molar-refractivity contribution in [2.24, 2.45) is 11.7 Å². The minimum absolute atomic E-state index is 0.0881. The molecule has 1 aromatic carbocycles. The first-order chi connectivity index (χ1) is 9.16. The number of hydrogen-bond donors (Lipinski definition) is 3. The Hall–Kier alpha value is -1.39. The number of carbonyl (C=O) groups excluding carboxylic acids is 1. The fourth-order valence-electron chi connectivity index (χ4n) is 2.40. The first-order valence-electron chi connectivity index (χ1n) is 6.97.